The smallest absolute Gasteiger partial charge is 0.292 e. The van der Waals surface area contributed by atoms with Gasteiger partial charge in [-0.15, -0.1) is 0 Å². The lowest BCUT2D eigenvalue weighted by Crippen LogP contribution is -2.41. The van der Waals surface area contributed by atoms with Crippen LogP contribution in [0.4, 0.5) is 14.6 Å². The molecule has 0 bridgehead atoms. The normalized spacial score (nSPS) is 14.7. The highest BCUT2D eigenvalue weighted by Gasteiger charge is 2.44. The van der Waals surface area contributed by atoms with Crippen molar-refractivity contribution in [1.82, 2.24) is 15.1 Å². The average molecular weight is 400 g/mol. The summed E-state index contributed by atoms with van der Waals surface area (Å²) < 4.78 is 33.0. The zero-order valence-electron chi connectivity index (χ0n) is 15.8. The van der Waals surface area contributed by atoms with Crippen molar-refractivity contribution in [3.63, 3.8) is 0 Å². The number of rotatable bonds is 4. The molecule has 3 heterocycles. The summed E-state index contributed by atoms with van der Waals surface area (Å²) in [6.45, 7) is 3.73. The molecule has 1 aliphatic heterocycles. The lowest BCUT2D eigenvalue weighted by Gasteiger charge is -2.32. The molecule has 0 unspecified atom stereocenters. The Kier molecular flexibility index (Phi) is 4.45. The predicted octanol–water partition coefficient (Wildman–Crippen LogP) is 3.35. The van der Waals surface area contributed by atoms with Gasteiger partial charge in [-0.3, -0.25) is 14.7 Å². The minimum Gasteiger partial charge on any atom is -0.459 e. The number of H-pyrrole nitrogens is 1. The van der Waals surface area contributed by atoms with Crippen LogP contribution < -0.4 is 5.32 Å². The molecule has 0 aliphatic carbocycles. The summed E-state index contributed by atoms with van der Waals surface area (Å²) in [6.07, 6.45) is 0.975. The van der Waals surface area contributed by atoms with Crippen molar-refractivity contribution in [3.8, 4) is 0 Å². The van der Waals surface area contributed by atoms with E-state index in [1.807, 2.05) is 0 Å². The maximum Gasteiger partial charge on any atom is 0.292 e. The van der Waals surface area contributed by atoms with E-state index < -0.39 is 35.4 Å². The summed E-state index contributed by atoms with van der Waals surface area (Å²) in [5, 5.41) is 9.65. The van der Waals surface area contributed by atoms with Crippen LogP contribution in [0.25, 0.3) is 0 Å². The number of aromatic nitrogens is 2. The van der Waals surface area contributed by atoms with Gasteiger partial charge in [-0.1, -0.05) is 6.07 Å². The molecule has 2 N–H and O–H groups in total. The molecule has 0 saturated carbocycles. The first-order chi connectivity index (χ1) is 13.8. The van der Waals surface area contributed by atoms with Gasteiger partial charge in [0.2, 0.25) is 5.91 Å². The molecule has 2 amide bonds. The summed E-state index contributed by atoms with van der Waals surface area (Å²) in [5.74, 6) is -2.03. The molecular weight excluding hydrogens is 382 g/mol. The number of fused-ring (bicyclic) bond motifs is 1. The maximum atomic E-state index is 14.0. The maximum absolute atomic E-state index is 14.0. The molecular formula is C20H18F2N4O3. The molecule has 3 aromatic rings. The molecule has 0 atom stereocenters. The monoisotopic (exact) mass is 400 g/mol. The van der Waals surface area contributed by atoms with Crippen molar-refractivity contribution in [2.75, 3.05) is 5.32 Å². The van der Waals surface area contributed by atoms with Crippen molar-refractivity contribution in [2.24, 2.45) is 0 Å². The molecule has 0 spiro atoms. The number of benzene rings is 1. The summed E-state index contributed by atoms with van der Waals surface area (Å²) in [7, 11) is 0. The number of aromatic amines is 1. The fraction of sp³-hybridized carbons (Fsp3) is 0.250. The number of carbonyl (C=O) groups is 2. The van der Waals surface area contributed by atoms with E-state index in [1.54, 1.807) is 19.9 Å². The van der Waals surface area contributed by atoms with Gasteiger partial charge in [-0.25, -0.2) is 8.78 Å². The van der Waals surface area contributed by atoms with Crippen molar-refractivity contribution >= 4 is 17.6 Å². The molecule has 29 heavy (non-hydrogen) atoms. The first-order valence-corrected chi connectivity index (χ1v) is 8.95. The Balaban J connectivity index is 1.57. The van der Waals surface area contributed by atoms with E-state index in [1.165, 1.54) is 23.3 Å². The molecule has 0 saturated heterocycles. The zero-order chi connectivity index (χ0) is 20.8. The predicted molar refractivity (Wildman–Crippen MR) is 98.9 cm³/mol. The van der Waals surface area contributed by atoms with Crippen LogP contribution in [0, 0.1) is 11.6 Å². The SMILES string of the molecule is CC1(C)c2[nH]nc(NC(=O)c3ccco3)c2CN1C(=O)Cc1c(F)cccc1F. The van der Waals surface area contributed by atoms with Gasteiger partial charge >= 0.3 is 0 Å². The van der Waals surface area contributed by atoms with Crippen molar-refractivity contribution in [1.29, 1.82) is 0 Å². The fourth-order valence-electron chi connectivity index (χ4n) is 3.54. The van der Waals surface area contributed by atoms with Gasteiger partial charge in [-0.05, 0) is 38.1 Å². The number of hydrogen-bond acceptors (Lipinski definition) is 4. The molecule has 150 valence electrons. The van der Waals surface area contributed by atoms with Gasteiger partial charge in [0.05, 0.1) is 30.5 Å². The van der Waals surface area contributed by atoms with E-state index >= 15 is 0 Å². The molecule has 1 aliphatic rings. The van der Waals surface area contributed by atoms with E-state index in [0.29, 0.717) is 11.3 Å². The van der Waals surface area contributed by atoms with Crippen LogP contribution in [0.15, 0.2) is 41.0 Å². The lowest BCUT2D eigenvalue weighted by atomic mass is 10.00. The summed E-state index contributed by atoms with van der Waals surface area (Å²) in [5.41, 5.74) is 0.217. The zero-order valence-corrected chi connectivity index (χ0v) is 15.8. The van der Waals surface area contributed by atoms with E-state index in [4.69, 9.17) is 4.42 Å². The highest BCUT2D eigenvalue weighted by Crippen LogP contribution is 2.41. The van der Waals surface area contributed by atoms with E-state index in [9.17, 15) is 18.4 Å². The van der Waals surface area contributed by atoms with Crippen LogP contribution in [0.5, 0.6) is 0 Å². The minimum atomic E-state index is -0.797. The standard InChI is InChI=1S/C20H18F2N4O3/c1-20(2)17-12(18(25-24-17)23-19(28)15-7-4-8-29-15)10-26(20)16(27)9-11-13(21)5-3-6-14(11)22/h3-8H,9-10H2,1-2H3,(H2,23,24,25,28). The molecule has 4 rings (SSSR count). The van der Waals surface area contributed by atoms with Gasteiger partial charge in [0.25, 0.3) is 5.91 Å². The lowest BCUT2D eigenvalue weighted by molar-refractivity contribution is -0.136. The first-order valence-electron chi connectivity index (χ1n) is 8.95. The van der Waals surface area contributed by atoms with Crippen LogP contribution >= 0.6 is 0 Å². The number of carbonyl (C=O) groups excluding carboxylic acids is 2. The number of nitrogens with one attached hydrogen (secondary N) is 2. The molecule has 0 radical (unpaired) electrons. The molecule has 0 fully saturated rings. The molecule has 2 aromatic heterocycles. The average Bonchev–Trinajstić information content (AvgIpc) is 3.37. The van der Waals surface area contributed by atoms with Gasteiger partial charge in [0.15, 0.2) is 11.6 Å². The third-order valence-electron chi connectivity index (χ3n) is 5.14. The molecule has 7 nitrogen and oxygen atoms in total. The fourth-order valence-corrected chi connectivity index (χ4v) is 3.54. The number of hydrogen-bond donors (Lipinski definition) is 2. The second kappa shape index (κ2) is 6.84. The van der Waals surface area contributed by atoms with Crippen molar-refractivity contribution in [3.05, 3.63) is 70.8 Å². The Hall–Kier alpha value is -3.49. The number of furan rings is 1. The van der Waals surface area contributed by atoms with Crippen LogP contribution in [0.1, 0.15) is 41.2 Å². The minimum absolute atomic E-state index is 0.127. The summed E-state index contributed by atoms with van der Waals surface area (Å²) in [4.78, 5) is 26.6. The van der Waals surface area contributed by atoms with Gasteiger partial charge in [0.1, 0.15) is 11.6 Å². The van der Waals surface area contributed by atoms with E-state index in [0.717, 1.165) is 12.1 Å². The van der Waals surface area contributed by atoms with Gasteiger partial charge in [-0.2, -0.15) is 5.10 Å². The van der Waals surface area contributed by atoms with E-state index in [2.05, 4.69) is 15.5 Å². The van der Waals surface area contributed by atoms with Crippen LogP contribution in [0.2, 0.25) is 0 Å². The van der Waals surface area contributed by atoms with E-state index in [-0.39, 0.29) is 23.7 Å². The molecule has 9 heteroatoms. The van der Waals surface area contributed by atoms with Gasteiger partial charge < -0.3 is 14.6 Å². The third kappa shape index (κ3) is 3.18. The Bertz CT molecular complexity index is 1070. The second-order valence-corrected chi connectivity index (χ2v) is 7.27. The highest BCUT2D eigenvalue weighted by molar-refractivity contribution is 6.02. The quantitative estimate of drug-likeness (QED) is 0.703. The Morgan fingerprint density at radius 2 is 1.97 bits per heavy atom. The Morgan fingerprint density at radius 1 is 1.24 bits per heavy atom. The van der Waals surface area contributed by atoms with Gasteiger partial charge in [0, 0.05) is 11.1 Å². The van der Waals surface area contributed by atoms with Crippen LogP contribution in [0.3, 0.4) is 0 Å². The topological polar surface area (TPSA) is 91.2 Å². The molecule has 1 aromatic carbocycles. The number of halogens is 2. The first kappa shape index (κ1) is 18.9. The third-order valence-corrected chi connectivity index (χ3v) is 5.14. The number of amides is 2. The van der Waals surface area contributed by atoms with Crippen molar-refractivity contribution in [2.45, 2.75) is 32.4 Å². The number of nitrogens with zero attached hydrogens (tertiary/aromatic N) is 2. The van der Waals surface area contributed by atoms with Crippen molar-refractivity contribution < 1.29 is 22.8 Å². The Labute approximate surface area is 164 Å². The van der Waals surface area contributed by atoms with Crippen LogP contribution in [-0.4, -0.2) is 26.9 Å². The summed E-state index contributed by atoms with van der Waals surface area (Å²) >= 11 is 0. The van der Waals surface area contributed by atoms with Crippen LogP contribution in [-0.2, 0) is 23.3 Å². The second-order valence-electron chi connectivity index (χ2n) is 7.27. The largest absolute Gasteiger partial charge is 0.459 e. The summed E-state index contributed by atoms with van der Waals surface area (Å²) in [6, 6.07) is 6.61. The Morgan fingerprint density at radius 3 is 2.62 bits per heavy atom. The number of anilines is 1. The highest BCUT2D eigenvalue weighted by atomic mass is 19.1.